The van der Waals surface area contributed by atoms with Gasteiger partial charge in [-0.3, -0.25) is 4.79 Å². The van der Waals surface area contributed by atoms with Crippen LogP contribution in [0, 0.1) is 0 Å². The fourth-order valence-corrected chi connectivity index (χ4v) is 3.60. The molecular weight excluding hydrogens is 358 g/mol. The van der Waals surface area contributed by atoms with Crippen LogP contribution in [-0.2, 0) is 0 Å². The van der Waals surface area contributed by atoms with Crippen LogP contribution >= 0.6 is 11.3 Å². The van der Waals surface area contributed by atoms with Crippen molar-refractivity contribution in [3.05, 3.63) is 75.0 Å². The third-order valence-corrected chi connectivity index (χ3v) is 5.12. The number of ether oxygens (including phenoxy) is 1. The second-order valence-electron chi connectivity index (χ2n) is 6.18. The maximum absolute atomic E-state index is 12.6. The summed E-state index contributed by atoms with van der Waals surface area (Å²) in [6.45, 7) is 2.85. The molecule has 0 fully saturated rings. The van der Waals surface area contributed by atoms with Crippen molar-refractivity contribution in [3.63, 3.8) is 0 Å². The van der Waals surface area contributed by atoms with Crippen LogP contribution < -0.4 is 14.8 Å². The lowest BCUT2D eigenvalue weighted by molar-refractivity contribution is 0.309. The normalized spacial score (nSPS) is 12.0. The van der Waals surface area contributed by atoms with Gasteiger partial charge < -0.3 is 4.74 Å². The first kappa shape index (κ1) is 17.4. The van der Waals surface area contributed by atoms with Crippen LogP contribution in [-0.4, -0.2) is 21.2 Å². The number of fused-ring (bicyclic) bond motifs is 1. The molecule has 0 saturated carbocycles. The van der Waals surface area contributed by atoms with Gasteiger partial charge in [-0.15, -0.1) is 5.10 Å². The van der Waals surface area contributed by atoms with Crippen molar-refractivity contribution in [1.82, 2.24) is 14.6 Å². The summed E-state index contributed by atoms with van der Waals surface area (Å²) < 4.78 is 7.68. The third kappa shape index (κ3) is 3.75. The molecule has 0 amide bonds. The summed E-state index contributed by atoms with van der Waals surface area (Å²) in [4.78, 5) is 17.7. The largest absolute Gasteiger partial charge is 0.494 e. The molecule has 27 heavy (non-hydrogen) atoms. The summed E-state index contributed by atoms with van der Waals surface area (Å²) in [5.74, 6) is 1.38. The Kier molecular flexibility index (Phi) is 4.98. The van der Waals surface area contributed by atoms with Crippen molar-refractivity contribution < 1.29 is 4.74 Å². The van der Waals surface area contributed by atoms with Crippen LogP contribution in [0.25, 0.3) is 22.4 Å². The first-order chi connectivity index (χ1) is 13.2. The molecule has 2 heterocycles. The van der Waals surface area contributed by atoms with E-state index in [0.717, 1.165) is 29.7 Å². The molecule has 5 nitrogen and oxygen atoms in total. The Bertz CT molecular complexity index is 1150. The van der Waals surface area contributed by atoms with Gasteiger partial charge in [-0.1, -0.05) is 55.0 Å². The van der Waals surface area contributed by atoms with Crippen molar-refractivity contribution in [3.8, 4) is 17.1 Å². The molecule has 0 bridgehead atoms. The molecule has 0 radical (unpaired) electrons. The fraction of sp³-hybridized carbons (Fsp3) is 0.190. The number of unbranched alkanes of at least 4 members (excludes halogenated alkanes) is 1. The van der Waals surface area contributed by atoms with Crippen LogP contribution in [0.15, 0.2) is 59.4 Å². The lowest BCUT2D eigenvalue weighted by Crippen LogP contribution is -2.23. The molecule has 0 spiro atoms. The highest BCUT2D eigenvalue weighted by Crippen LogP contribution is 2.20. The Balaban J connectivity index is 1.61. The summed E-state index contributed by atoms with van der Waals surface area (Å²) >= 11 is 1.35. The molecule has 0 unspecified atom stereocenters. The zero-order valence-corrected chi connectivity index (χ0v) is 15.8. The van der Waals surface area contributed by atoms with E-state index in [4.69, 9.17) is 4.74 Å². The van der Waals surface area contributed by atoms with E-state index < -0.39 is 0 Å². The van der Waals surface area contributed by atoms with E-state index in [2.05, 4.69) is 17.0 Å². The van der Waals surface area contributed by atoms with Gasteiger partial charge >= 0.3 is 0 Å². The van der Waals surface area contributed by atoms with Crippen molar-refractivity contribution in [1.29, 1.82) is 0 Å². The van der Waals surface area contributed by atoms with Gasteiger partial charge in [0.15, 0.2) is 5.82 Å². The Labute approximate surface area is 160 Å². The molecule has 4 aromatic rings. The maximum atomic E-state index is 12.6. The Morgan fingerprint density at radius 1 is 1.11 bits per heavy atom. The Morgan fingerprint density at radius 2 is 1.89 bits per heavy atom. The average Bonchev–Trinajstić information content (AvgIpc) is 3.23. The number of hydrogen-bond acceptors (Lipinski definition) is 5. The van der Waals surface area contributed by atoms with E-state index >= 15 is 0 Å². The zero-order valence-electron chi connectivity index (χ0n) is 15.0. The van der Waals surface area contributed by atoms with Gasteiger partial charge in [-0.25, -0.2) is 0 Å². The number of nitrogens with zero attached hydrogens (tertiary/aromatic N) is 3. The minimum absolute atomic E-state index is 0.142. The molecule has 136 valence electrons. The highest BCUT2D eigenvalue weighted by atomic mass is 32.1. The highest BCUT2D eigenvalue weighted by Gasteiger charge is 2.12. The van der Waals surface area contributed by atoms with Gasteiger partial charge in [-0.2, -0.15) is 9.50 Å². The molecule has 2 aromatic carbocycles. The average molecular weight is 377 g/mol. The van der Waals surface area contributed by atoms with Gasteiger partial charge in [0.05, 0.1) is 11.1 Å². The van der Waals surface area contributed by atoms with Crippen molar-refractivity contribution in [2.75, 3.05) is 6.61 Å². The number of thiazole rings is 1. The van der Waals surface area contributed by atoms with E-state index in [-0.39, 0.29) is 5.56 Å². The molecule has 0 saturated heterocycles. The van der Waals surface area contributed by atoms with Crippen molar-refractivity contribution in [2.45, 2.75) is 19.8 Å². The first-order valence-electron chi connectivity index (χ1n) is 8.94. The van der Waals surface area contributed by atoms with Gasteiger partial charge in [0, 0.05) is 5.56 Å². The van der Waals surface area contributed by atoms with Gasteiger partial charge in [0.2, 0.25) is 4.96 Å². The van der Waals surface area contributed by atoms with E-state index in [1.54, 1.807) is 0 Å². The quantitative estimate of drug-likeness (QED) is 0.482. The first-order valence-corrected chi connectivity index (χ1v) is 9.76. The maximum Gasteiger partial charge on any atom is 0.291 e. The number of hydrogen-bond donors (Lipinski definition) is 0. The molecule has 0 aliphatic heterocycles. The number of rotatable bonds is 6. The van der Waals surface area contributed by atoms with Crippen LogP contribution in [0.1, 0.15) is 25.3 Å². The lowest BCUT2D eigenvalue weighted by atomic mass is 10.2. The number of aromatic nitrogens is 3. The van der Waals surface area contributed by atoms with Crippen molar-refractivity contribution in [2.24, 2.45) is 0 Å². The van der Waals surface area contributed by atoms with Gasteiger partial charge in [0.25, 0.3) is 5.56 Å². The van der Waals surface area contributed by atoms with Crippen LogP contribution in [0.4, 0.5) is 0 Å². The molecule has 0 aliphatic carbocycles. The van der Waals surface area contributed by atoms with Gasteiger partial charge in [0.1, 0.15) is 5.75 Å². The number of benzene rings is 2. The molecule has 4 rings (SSSR count). The monoisotopic (exact) mass is 377 g/mol. The smallest absolute Gasteiger partial charge is 0.291 e. The summed E-state index contributed by atoms with van der Waals surface area (Å²) in [6.07, 6.45) is 4.01. The minimum atomic E-state index is -0.142. The van der Waals surface area contributed by atoms with E-state index in [9.17, 15) is 4.79 Å². The summed E-state index contributed by atoms with van der Waals surface area (Å²) in [5, 5.41) is 4.39. The van der Waals surface area contributed by atoms with E-state index in [0.29, 0.717) is 21.9 Å². The summed E-state index contributed by atoms with van der Waals surface area (Å²) in [5.41, 5.74) is 1.71. The predicted octanol–water partition coefficient (Wildman–Crippen LogP) is 3.54. The van der Waals surface area contributed by atoms with E-state index in [1.807, 2.05) is 60.7 Å². The zero-order chi connectivity index (χ0) is 18.6. The summed E-state index contributed by atoms with van der Waals surface area (Å²) in [7, 11) is 0. The van der Waals surface area contributed by atoms with E-state index in [1.165, 1.54) is 15.9 Å². The molecule has 6 heteroatoms. The SMILES string of the molecule is CCCCOc1ccc(-c2nc3s/c(=C\c4ccccc4)c(=O)n3n2)cc1. The second-order valence-corrected chi connectivity index (χ2v) is 7.19. The molecular formula is C21H19N3O2S. The molecule has 2 aromatic heterocycles. The van der Waals surface area contributed by atoms with Crippen molar-refractivity contribution >= 4 is 22.4 Å². The predicted molar refractivity (Wildman–Crippen MR) is 108 cm³/mol. The standard InChI is InChI=1S/C21H19N3O2S/c1-2-3-13-26-17-11-9-16(10-12-17)19-22-21-24(23-19)20(25)18(27-21)14-15-7-5-4-6-8-15/h4-12,14H,2-3,13H2,1H3/b18-14-. The summed E-state index contributed by atoms with van der Waals surface area (Å²) in [6, 6.07) is 17.4. The molecule has 0 aliphatic rings. The minimum Gasteiger partial charge on any atom is -0.494 e. The van der Waals surface area contributed by atoms with Crippen LogP contribution in [0.3, 0.4) is 0 Å². The highest BCUT2D eigenvalue weighted by molar-refractivity contribution is 7.15. The fourth-order valence-electron chi connectivity index (χ4n) is 2.69. The molecule has 0 atom stereocenters. The molecule has 0 N–H and O–H groups in total. The Hall–Kier alpha value is -2.99. The van der Waals surface area contributed by atoms with Gasteiger partial charge in [-0.05, 0) is 42.3 Å². The van der Waals surface area contributed by atoms with Crippen LogP contribution in [0.2, 0.25) is 0 Å². The lowest BCUT2D eigenvalue weighted by Gasteiger charge is -2.05. The van der Waals surface area contributed by atoms with Crippen LogP contribution in [0.5, 0.6) is 5.75 Å². The Morgan fingerprint density at radius 3 is 2.59 bits per heavy atom. The topological polar surface area (TPSA) is 56.5 Å². The third-order valence-electron chi connectivity index (χ3n) is 4.16. The second kappa shape index (κ2) is 7.72.